The van der Waals surface area contributed by atoms with Crippen LogP contribution in [-0.2, 0) is 59.8 Å². The molecule has 10 atom stereocenters. The van der Waals surface area contributed by atoms with Gasteiger partial charge in [0.15, 0.2) is 36.9 Å². The fraction of sp³-hybridized carbons (Fsp3) is 0.217. The summed E-state index contributed by atoms with van der Waals surface area (Å²) in [5.41, 5.74) is -4.15. The molecule has 0 radical (unpaired) electrons. The number of ether oxygens (including phenoxy) is 6. The first-order chi connectivity index (χ1) is 36.7. The number of hydrogen-bond donors (Lipinski definition) is 5. The Hall–Kier alpha value is -7.55. The van der Waals surface area contributed by atoms with E-state index in [0.717, 1.165) is 33.7 Å². The highest BCUT2D eigenvalue weighted by Crippen LogP contribution is 2.68. The highest BCUT2D eigenvalue weighted by Gasteiger charge is 2.54. The average molecular weight is 1130 g/mol. The molecule has 2 aliphatic rings. The standard InChI is InChI=1S/C46H41N4O24P3/c51-33-21-23-49(45(57)47-33)39-37(71-43(55)29-17-9-3-10-18-29)35(69-41(53)27-13-5-1-6-14-27)31(67-39)25-65-75(59,60)73-77(63,64)74-76(61,62)66-26-32-36(70-42(54)28-15-7-2-8-16-28)38(72-44(56)30-19-11-4-12-20-30)40(68-32)50-24-22-34(52)48-46(50)58/h1-24,31-32,35-40H,25-26H2,(H,59,60)(H,61,62)(H,63,64)(H,47,51,57)(H,48,52,58)/t31-,32-,35-,36-,37-,38-,39-,40-/m1/s1. The highest BCUT2D eigenvalue weighted by molar-refractivity contribution is 7.66. The first-order valence-corrected chi connectivity index (χ1v) is 26.8. The number of nitrogens with zero attached hydrogens (tertiary/aromatic N) is 2. The van der Waals surface area contributed by atoms with E-state index in [4.69, 9.17) is 37.5 Å². The zero-order valence-electron chi connectivity index (χ0n) is 39.0. The molecule has 28 nitrogen and oxygen atoms in total. The minimum atomic E-state index is -6.31. The van der Waals surface area contributed by atoms with Gasteiger partial charge in [0.2, 0.25) is 0 Å². The number of phosphoric acid groups is 3. The summed E-state index contributed by atoms with van der Waals surface area (Å²) in [5, 5.41) is 0. The average Bonchev–Trinajstić information content (AvgIpc) is 3.91. The molecule has 2 aliphatic heterocycles. The third kappa shape index (κ3) is 14.1. The van der Waals surface area contributed by atoms with E-state index in [0.29, 0.717) is 0 Å². The molecule has 6 aromatic rings. The van der Waals surface area contributed by atoms with E-state index in [2.05, 4.69) is 8.62 Å². The minimum Gasteiger partial charge on any atom is -0.452 e. The van der Waals surface area contributed by atoms with Crippen LogP contribution in [0.4, 0.5) is 0 Å². The minimum absolute atomic E-state index is 0.0347. The van der Waals surface area contributed by atoms with Crippen molar-refractivity contribution in [3.63, 3.8) is 0 Å². The first-order valence-electron chi connectivity index (χ1n) is 22.3. The van der Waals surface area contributed by atoms with Crippen molar-refractivity contribution in [2.45, 2.75) is 49.1 Å². The number of benzene rings is 4. The van der Waals surface area contributed by atoms with Crippen LogP contribution in [0.3, 0.4) is 0 Å². The van der Waals surface area contributed by atoms with E-state index in [1.54, 1.807) is 24.3 Å². The van der Waals surface area contributed by atoms with Crippen molar-refractivity contribution in [1.82, 2.24) is 19.1 Å². The van der Waals surface area contributed by atoms with Gasteiger partial charge >= 0.3 is 58.7 Å². The molecule has 2 aromatic heterocycles. The summed E-state index contributed by atoms with van der Waals surface area (Å²) in [7, 11) is -18.4. The smallest absolute Gasteiger partial charge is 0.452 e. The molecule has 2 fully saturated rings. The van der Waals surface area contributed by atoms with Crippen LogP contribution in [0.5, 0.6) is 0 Å². The number of nitrogens with one attached hydrogen (secondary N) is 2. The number of aromatic amines is 2. The van der Waals surface area contributed by atoms with E-state index >= 15 is 0 Å². The zero-order chi connectivity index (χ0) is 55.1. The molecule has 0 saturated carbocycles. The van der Waals surface area contributed by atoms with E-state index in [1.165, 1.54) is 97.1 Å². The molecule has 77 heavy (non-hydrogen) atoms. The van der Waals surface area contributed by atoms with Crippen LogP contribution < -0.4 is 22.5 Å². The Labute approximate surface area is 431 Å². The van der Waals surface area contributed by atoms with Crippen molar-refractivity contribution in [3.8, 4) is 0 Å². The molecular formula is C46H41N4O24P3. The second kappa shape index (κ2) is 23.8. The second-order valence-electron chi connectivity index (χ2n) is 16.3. The first kappa shape index (κ1) is 55.7. The van der Waals surface area contributed by atoms with Crippen LogP contribution in [0, 0.1) is 0 Å². The lowest BCUT2D eigenvalue weighted by molar-refractivity contribution is -0.0601. The Morgan fingerprint density at radius 3 is 1.01 bits per heavy atom. The monoisotopic (exact) mass is 1130 g/mol. The van der Waals surface area contributed by atoms with Crippen molar-refractivity contribution < 1.29 is 93.6 Å². The molecule has 4 heterocycles. The van der Waals surface area contributed by atoms with Gasteiger partial charge in [-0.15, -0.1) is 0 Å². The maximum atomic E-state index is 13.5. The summed E-state index contributed by atoms with van der Waals surface area (Å²) in [5.74, 6) is -4.26. The highest BCUT2D eigenvalue weighted by atomic mass is 31.3. The molecule has 31 heteroatoms. The van der Waals surface area contributed by atoms with Crippen LogP contribution in [-0.4, -0.2) is 107 Å². The van der Waals surface area contributed by atoms with Crippen molar-refractivity contribution in [2.75, 3.05) is 13.2 Å². The van der Waals surface area contributed by atoms with Crippen LogP contribution in [0.1, 0.15) is 53.9 Å². The Morgan fingerprint density at radius 1 is 0.442 bits per heavy atom. The summed E-state index contributed by atoms with van der Waals surface area (Å²) in [6.07, 6.45) is -12.8. The third-order valence-corrected chi connectivity index (χ3v) is 15.3. The number of esters is 4. The number of carbonyl (C=O) groups is 4. The molecule has 0 spiro atoms. The van der Waals surface area contributed by atoms with Crippen molar-refractivity contribution >= 4 is 47.3 Å². The molecule has 5 N–H and O–H groups in total. The van der Waals surface area contributed by atoms with Gasteiger partial charge in [-0.25, -0.2) is 42.5 Å². The van der Waals surface area contributed by atoms with E-state index in [-0.39, 0.29) is 22.3 Å². The molecule has 404 valence electrons. The fourth-order valence-corrected chi connectivity index (χ4v) is 11.2. The SMILES string of the molecule is O=C(O[C@@H]1[C@H](OC(=O)c2ccccc2)[C@@H](COP(=O)(O)OP(=O)(O)OP(=O)(O)OC[C@H]2O[C@@H](n3ccc(=O)[nH]c3=O)[C@H](OC(=O)c3ccccc3)[C@@H]2OC(=O)c2ccccc2)O[C@H]1n1ccc(=O)[nH]c1=O)c1ccccc1. The lowest BCUT2D eigenvalue weighted by atomic mass is 10.1. The number of H-pyrrole nitrogens is 2. The van der Waals surface area contributed by atoms with Crippen LogP contribution in [0.25, 0.3) is 0 Å². The number of hydrogen-bond acceptors (Lipinski definition) is 21. The summed E-state index contributed by atoms with van der Waals surface area (Å²) in [6.45, 7) is -2.56. The topological polar surface area (TPSA) is 382 Å². The van der Waals surface area contributed by atoms with Crippen LogP contribution in [0.15, 0.2) is 165 Å². The van der Waals surface area contributed by atoms with Gasteiger partial charge in [-0.1, -0.05) is 72.8 Å². The second-order valence-corrected chi connectivity index (χ2v) is 20.9. The number of rotatable bonds is 20. The van der Waals surface area contributed by atoms with Gasteiger partial charge in [-0.05, 0) is 48.5 Å². The van der Waals surface area contributed by atoms with Gasteiger partial charge < -0.3 is 43.1 Å². The number of carbonyl (C=O) groups excluding carboxylic acids is 4. The van der Waals surface area contributed by atoms with Gasteiger partial charge in [-0.2, -0.15) is 8.62 Å². The predicted molar refractivity (Wildman–Crippen MR) is 257 cm³/mol. The molecule has 2 saturated heterocycles. The lowest BCUT2D eigenvalue weighted by Gasteiger charge is -2.25. The maximum Gasteiger partial charge on any atom is 0.490 e. The molecule has 4 aromatic carbocycles. The van der Waals surface area contributed by atoms with Crippen LogP contribution >= 0.6 is 23.5 Å². The molecular weight excluding hydrogens is 1090 g/mol. The Balaban J connectivity index is 1.01. The third-order valence-electron chi connectivity index (χ3n) is 11.0. The number of phosphoric ester groups is 2. The van der Waals surface area contributed by atoms with Crippen LogP contribution in [0.2, 0.25) is 0 Å². The molecule has 8 rings (SSSR count). The van der Waals surface area contributed by atoms with Crippen molar-refractivity contribution in [3.05, 3.63) is 210 Å². The van der Waals surface area contributed by atoms with Gasteiger partial charge in [0.1, 0.15) is 12.2 Å². The summed E-state index contributed by atoms with van der Waals surface area (Å²) in [4.78, 5) is 140. The Kier molecular flexibility index (Phi) is 17.2. The van der Waals surface area contributed by atoms with Crippen molar-refractivity contribution in [1.29, 1.82) is 0 Å². The fourth-order valence-electron chi connectivity index (χ4n) is 7.64. The van der Waals surface area contributed by atoms with E-state index in [9.17, 15) is 66.7 Å². The molecule has 0 bridgehead atoms. The summed E-state index contributed by atoms with van der Waals surface area (Å²) >= 11 is 0. The number of aromatic nitrogens is 4. The summed E-state index contributed by atoms with van der Waals surface area (Å²) in [6, 6.07) is 30.8. The zero-order valence-corrected chi connectivity index (χ0v) is 41.7. The Morgan fingerprint density at radius 2 is 0.727 bits per heavy atom. The Bertz CT molecular complexity index is 3280. The molecule has 2 unspecified atom stereocenters. The largest absolute Gasteiger partial charge is 0.490 e. The predicted octanol–water partition coefficient (Wildman–Crippen LogP) is 3.15. The van der Waals surface area contributed by atoms with E-state index in [1.807, 2.05) is 9.97 Å². The quantitative estimate of drug-likeness (QED) is 0.0416. The maximum absolute atomic E-state index is 13.5. The summed E-state index contributed by atoms with van der Waals surface area (Å²) < 4.78 is 94.5. The van der Waals surface area contributed by atoms with E-state index < -0.39 is 132 Å². The van der Waals surface area contributed by atoms with Crippen molar-refractivity contribution in [2.24, 2.45) is 0 Å². The lowest BCUT2D eigenvalue weighted by Crippen LogP contribution is -2.42. The molecule has 0 aliphatic carbocycles. The molecule has 0 amide bonds. The van der Waals surface area contributed by atoms with Gasteiger partial charge in [0.05, 0.1) is 35.5 Å². The van der Waals surface area contributed by atoms with Gasteiger partial charge in [0, 0.05) is 24.5 Å². The van der Waals surface area contributed by atoms with Gasteiger partial charge in [0.25, 0.3) is 11.1 Å². The normalized spacial score (nSPS) is 23.3. The van der Waals surface area contributed by atoms with Gasteiger partial charge in [-0.3, -0.25) is 37.7 Å².